The van der Waals surface area contributed by atoms with Crippen LogP contribution in [0.4, 0.5) is 0 Å². The van der Waals surface area contributed by atoms with Crippen molar-refractivity contribution in [1.29, 1.82) is 0 Å². The van der Waals surface area contributed by atoms with Crippen LogP contribution in [0.25, 0.3) is 5.65 Å². The number of hydrogen-bond donors (Lipinski definition) is 0. The summed E-state index contributed by atoms with van der Waals surface area (Å²) in [6.45, 7) is 3.98. The molecule has 7 heteroatoms. The van der Waals surface area contributed by atoms with E-state index in [1.165, 1.54) is 12.8 Å². The molecule has 1 aliphatic rings. The van der Waals surface area contributed by atoms with Crippen molar-refractivity contribution in [2.75, 3.05) is 19.6 Å². The summed E-state index contributed by atoms with van der Waals surface area (Å²) in [6.07, 6.45) is 7.96. The van der Waals surface area contributed by atoms with Gasteiger partial charge in [-0.05, 0) is 31.5 Å². The van der Waals surface area contributed by atoms with Gasteiger partial charge in [0.25, 0.3) is 0 Å². The van der Waals surface area contributed by atoms with Crippen LogP contribution in [0.5, 0.6) is 0 Å². The highest BCUT2D eigenvalue weighted by molar-refractivity contribution is 6.30. The molecule has 0 aromatic carbocycles. The number of piperidine rings is 1. The van der Waals surface area contributed by atoms with Gasteiger partial charge in [0.05, 0.1) is 17.8 Å². The Balaban J connectivity index is 1.44. The van der Waals surface area contributed by atoms with E-state index in [2.05, 4.69) is 30.8 Å². The fourth-order valence-corrected chi connectivity index (χ4v) is 3.47. The molecular formula is C16H19ClN6. The summed E-state index contributed by atoms with van der Waals surface area (Å²) < 4.78 is 4.01. The van der Waals surface area contributed by atoms with Gasteiger partial charge >= 0.3 is 0 Å². The average molecular weight is 331 g/mol. The topological polar surface area (TPSA) is 51.2 Å². The third kappa shape index (κ3) is 3.09. The number of aromatic nitrogens is 5. The molecule has 0 bridgehead atoms. The lowest BCUT2D eigenvalue weighted by atomic mass is 9.97. The molecule has 0 radical (unpaired) electrons. The highest BCUT2D eigenvalue weighted by Crippen LogP contribution is 2.25. The van der Waals surface area contributed by atoms with Crippen molar-refractivity contribution in [3.05, 3.63) is 47.6 Å². The van der Waals surface area contributed by atoms with Crippen LogP contribution in [-0.2, 0) is 6.54 Å². The predicted octanol–water partition coefficient (Wildman–Crippen LogP) is 2.46. The van der Waals surface area contributed by atoms with Crippen molar-refractivity contribution in [2.24, 2.45) is 0 Å². The van der Waals surface area contributed by atoms with Gasteiger partial charge in [-0.1, -0.05) is 17.7 Å². The first-order valence-electron chi connectivity index (χ1n) is 7.99. The van der Waals surface area contributed by atoms with Crippen LogP contribution in [0, 0.1) is 0 Å². The Morgan fingerprint density at radius 3 is 3.04 bits per heavy atom. The van der Waals surface area contributed by atoms with Gasteiger partial charge in [-0.25, -0.2) is 0 Å². The molecule has 1 fully saturated rings. The molecule has 4 heterocycles. The summed E-state index contributed by atoms with van der Waals surface area (Å²) >= 11 is 5.91. The van der Waals surface area contributed by atoms with E-state index in [1.54, 1.807) is 6.20 Å². The standard InChI is InChI=1S/C16H19ClN6/c17-14-10-18-22(12-14)9-8-21-6-3-4-13(11-21)16-20-19-15-5-1-2-7-23(15)16/h1-2,5,7,10,12-13H,3-4,6,8-9,11H2/t13-/m1/s1. The van der Waals surface area contributed by atoms with Gasteiger partial charge in [-0.3, -0.25) is 9.08 Å². The fourth-order valence-electron chi connectivity index (χ4n) is 3.31. The number of pyridine rings is 1. The molecular weight excluding hydrogens is 312 g/mol. The first-order valence-corrected chi connectivity index (χ1v) is 8.37. The molecule has 1 saturated heterocycles. The van der Waals surface area contributed by atoms with E-state index in [9.17, 15) is 0 Å². The number of hydrogen-bond acceptors (Lipinski definition) is 4. The molecule has 0 amide bonds. The molecule has 0 saturated carbocycles. The Kier molecular flexibility index (Phi) is 4.01. The van der Waals surface area contributed by atoms with Gasteiger partial charge in [0.15, 0.2) is 5.65 Å². The Morgan fingerprint density at radius 1 is 1.22 bits per heavy atom. The highest BCUT2D eigenvalue weighted by atomic mass is 35.5. The van der Waals surface area contributed by atoms with Crippen molar-refractivity contribution in [3.8, 4) is 0 Å². The third-order valence-electron chi connectivity index (χ3n) is 4.46. The molecule has 23 heavy (non-hydrogen) atoms. The van der Waals surface area contributed by atoms with Crippen molar-refractivity contribution in [3.63, 3.8) is 0 Å². The monoisotopic (exact) mass is 330 g/mol. The molecule has 0 aliphatic carbocycles. The first kappa shape index (κ1) is 14.7. The lowest BCUT2D eigenvalue weighted by Crippen LogP contribution is -2.37. The van der Waals surface area contributed by atoms with Crippen LogP contribution in [0.1, 0.15) is 24.6 Å². The maximum Gasteiger partial charge on any atom is 0.160 e. The van der Waals surface area contributed by atoms with Crippen molar-refractivity contribution in [1.82, 2.24) is 29.3 Å². The van der Waals surface area contributed by atoms with Crippen LogP contribution >= 0.6 is 11.6 Å². The molecule has 1 atom stereocenters. The molecule has 3 aromatic rings. The minimum atomic E-state index is 0.433. The zero-order valence-electron chi connectivity index (χ0n) is 12.8. The van der Waals surface area contributed by atoms with E-state index < -0.39 is 0 Å². The molecule has 6 nitrogen and oxygen atoms in total. The van der Waals surface area contributed by atoms with Gasteiger partial charge in [0.2, 0.25) is 0 Å². The SMILES string of the molecule is Clc1cnn(CCN2CCC[C@@H](c3nnc4ccccn34)C2)c1. The Hall–Kier alpha value is -1.92. The average Bonchev–Trinajstić information content (AvgIpc) is 3.19. The van der Waals surface area contributed by atoms with Crippen LogP contribution in [-0.4, -0.2) is 48.9 Å². The van der Waals surface area contributed by atoms with Gasteiger partial charge < -0.3 is 4.90 Å². The van der Waals surface area contributed by atoms with E-state index >= 15 is 0 Å². The highest BCUT2D eigenvalue weighted by Gasteiger charge is 2.25. The maximum atomic E-state index is 5.91. The summed E-state index contributed by atoms with van der Waals surface area (Å²) in [7, 11) is 0. The summed E-state index contributed by atoms with van der Waals surface area (Å²) in [5.41, 5.74) is 0.922. The molecule has 0 spiro atoms. The first-order chi connectivity index (χ1) is 11.3. The van der Waals surface area contributed by atoms with E-state index in [0.29, 0.717) is 10.9 Å². The predicted molar refractivity (Wildman–Crippen MR) is 88.6 cm³/mol. The van der Waals surface area contributed by atoms with Crippen LogP contribution in [0.2, 0.25) is 5.02 Å². The number of halogens is 1. The molecule has 3 aromatic heterocycles. The van der Waals surface area contributed by atoms with Crippen molar-refractivity contribution < 1.29 is 0 Å². The van der Waals surface area contributed by atoms with Crippen LogP contribution in [0.3, 0.4) is 0 Å². The second-order valence-corrected chi connectivity index (χ2v) is 6.48. The van der Waals surface area contributed by atoms with Crippen molar-refractivity contribution >= 4 is 17.2 Å². The van der Waals surface area contributed by atoms with Crippen molar-refractivity contribution in [2.45, 2.75) is 25.3 Å². The number of nitrogens with zero attached hydrogens (tertiary/aromatic N) is 6. The van der Waals surface area contributed by atoms with Gasteiger partial charge in [0.1, 0.15) is 5.82 Å². The van der Waals surface area contributed by atoms with Crippen LogP contribution < -0.4 is 0 Å². The third-order valence-corrected chi connectivity index (χ3v) is 4.65. The maximum absolute atomic E-state index is 5.91. The smallest absolute Gasteiger partial charge is 0.160 e. The largest absolute Gasteiger partial charge is 0.301 e. The summed E-state index contributed by atoms with van der Waals surface area (Å²) in [4.78, 5) is 2.48. The number of likely N-dealkylation sites (tertiary alicyclic amines) is 1. The van der Waals surface area contributed by atoms with Gasteiger partial charge in [-0.15, -0.1) is 10.2 Å². The molecule has 1 aliphatic heterocycles. The van der Waals surface area contributed by atoms with Crippen LogP contribution in [0.15, 0.2) is 36.8 Å². The Labute approximate surface area is 139 Å². The van der Waals surface area contributed by atoms with Gasteiger partial charge in [0, 0.05) is 31.4 Å². The summed E-state index contributed by atoms with van der Waals surface area (Å²) in [6, 6.07) is 6.02. The Morgan fingerprint density at radius 2 is 2.17 bits per heavy atom. The summed E-state index contributed by atoms with van der Waals surface area (Å²) in [5.74, 6) is 1.51. The second kappa shape index (κ2) is 6.29. The molecule has 0 unspecified atom stereocenters. The zero-order chi connectivity index (χ0) is 15.6. The second-order valence-electron chi connectivity index (χ2n) is 6.05. The van der Waals surface area contributed by atoms with E-state index in [-0.39, 0.29) is 0 Å². The van der Waals surface area contributed by atoms with E-state index in [4.69, 9.17) is 11.6 Å². The molecule has 0 N–H and O–H groups in total. The normalized spacial score (nSPS) is 19.4. The van der Waals surface area contributed by atoms with Gasteiger partial charge in [-0.2, -0.15) is 5.10 Å². The lowest BCUT2D eigenvalue weighted by Gasteiger charge is -2.31. The Bertz CT molecular complexity index is 795. The zero-order valence-corrected chi connectivity index (χ0v) is 13.6. The quantitative estimate of drug-likeness (QED) is 0.737. The lowest BCUT2D eigenvalue weighted by molar-refractivity contribution is 0.194. The number of rotatable bonds is 4. The van der Waals surface area contributed by atoms with E-state index in [0.717, 1.165) is 37.7 Å². The minimum Gasteiger partial charge on any atom is -0.301 e. The van der Waals surface area contributed by atoms with E-state index in [1.807, 2.05) is 29.1 Å². The summed E-state index contributed by atoms with van der Waals surface area (Å²) in [5, 5.41) is 13.6. The minimum absolute atomic E-state index is 0.433. The number of fused-ring (bicyclic) bond motifs is 1. The molecule has 120 valence electrons. The fraction of sp³-hybridized carbons (Fsp3) is 0.438. The molecule has 4 rings (SSSR count).